The summed E-state index contributed by atoms with van der Waals surface area (Å²) >= 11 is 3.34. The Morgan fingerprint density at radius 2 is 1.93 bits per heavy atom. The fourth-order valence-electron chi connectivity index (χ4n) is 2.50. The van der Waals surface area contributed by atoms with Crippen molar-refractivity contribution < 1.29 is 22.7 Å². The molecule has 1 heterocycles. The fourth-order valence-corrected chi connectivity index (χ4v) is 4.51. The minimum absolute atomic E-state index is 0.204. The Hall–Kier alpha value is -2.13. The Labute approximate surface area is 169 Å². The molecule has 1 N–H and O–H groups in total. The van der Waals surface area contributed by atoms with Crippen LogP contribution in [0.4, 0.5) is 13.2 Å². The molecule has 1 aliphatic rings. The first kappa shape index (κ1) is 20.6. The molecule has 0 unspecified atom stereocenters. The van der Waals surface area contributed by atoms with Crippen molar-refractivity contribution in [2.45, 2.75) is 18.7 Å². The van der Waals surface area contributed by atoms with Crippen LogP contribution in [0.2, 0.25) is 0 Å². The molecule has 2 aromatic rings. The number of hydrogen-bond acceptors (Lipinski definition) is 5. The molecule has 0 fully saturated rings. The third-order valence-electron chi connectivity index (χ3n) is 3.78. The first-order chi connectivity index (χ1) is 13.4. The number of halogens is 3. The van der Waals surface area contributed by atoms with Crippen molar-refractivity contribution in [1.29, 1.82) is 0 Å². The van der Waals surface area contributed by atoms with Crippen LogP contribution in [0.1, 0.15) is 21.5 Å². The largest absolute Gasteiger partial charge is 0.573 e. The lowest BCUT2D eigenvalue weighted by Crippen LogP contribution is -2.24. The molecule has 1 aliphatic heterocycles. The zero-order valence-corrected chi connectivity index (χ0v) is 16.3. The number of rotatable bonds is 6. The second-order valence-electron chi connectivity index (χ2n) is 5.82. The maximum Gasteiger partial charge on any atom is 0.573 e. The summed E-state index contributed by atoms with van der Waals surface area (Å²) in [4.78, 5) is 17.0. The highest BCUT2D eigenvalue weighted by Gasteiger charge is 2.30. The molecular formula is C19H17F3N2O2S2. The van der Waals surface area contributed by atoms with Crippen LogP contribution >= 0.6 is 23.5 Å². The average Bonchev–Trinajstić information content (AvgIpc) is 3.18. The Kier molecular flexibility index (Phi) is 6.90. The van der Waals surface area contributed by atoms with E-state index in [0.29, 0.717) is 16.9 Å². The van der Waals surface area contributed by atoms with E-state index in [9.17, 15) is 18.0 Å². The van der Waals surface area contributed by atoms with Gasteiger partial charge in [-0.25, -0.2) is 0 Å². The molecule has 148 valence electrons. The maximum atomic E-state index is 12.6. The number of nitrogens with one attached hydrogen (secondary N) is 1. The van der Waals surface area contributed by atoms with Gasteiger partial charge in [-0.05, 0) is 29.3 Å². The molecule has 0 saturated heterocycles. The second-order valence-corrected chi connectivity index (χ2v) is 8.12. The van der Waals surface area contributed by atoms with Gasteiger partial charge in [-0.2, -0.15) is 0 Å². The molecule has 0 radical (unpaired) electrons. The first-order valence-corrected chi connectivity index (χ1v) is 10.4. The predicted molar refractivity (Wildman–Crippen MR) is 107 cm³/mol. The maximum absolute atomic E-state index is 12.6. The van der Waals surface area contributed by atoms with Gasteiger partial charge in [-0.15, -0.1) is 13.2 Å². The van der Waals surface area contributed by atoms with Crippen molar-refractivity contribution in [3.05, 3.63) is 65.2 Å². The predicted octanol–water partition coefficient (Wildman–Crippen LogP) is 4.85. The Bertz CT molecular complexity index is 855. The standard InChI is InChI=1S/C19H17F3N2O2S2/c20-19(21,22)26-15-7-5-13(6-8-15)11-24-17(25)16-4-2-1-3-14(16)12-28-18-23-9-10-27-18/h1-8H,9-12H2,(H,24,25). The lowest BCUT2D eigenvalue weighted by atomic mass is 10.1. The summed E-state index contributed by atoms with van der Waals surface area (Å²) in [6.07, 6.45) is -4.72. The van der Waals surface area contributed by atoms with Crippen LogP contribution in [0.25, 0.3) is 0 Å². The summed E-state index contributed by atoms with van der Waals surface area (Å²) in [6.45, 7) is 1.04. The van der Waals surface area contributed by atoms with E-state index in [-0.39, 0.29) is 18.2 Å². The van der Waals surface area contributed by atoms with Crippen LogP contribution in [-0.2, 0) is 12.3 Å². The number of nitrogens with zero attached hydrogens (tertiary/aromatic N) is 1. The molecule has 0 atom stereocenters. The lowest BCUT2D eigenvalue weighted by Gasteiger charge is -2.11. The molecule has 9 heteroatoms. The zero-order chi connectivity index (χ0) is 20.0. The van der Waals surface area contributed by atoms with Crippen molar-refractivity contribution in [3.8, 4) is 5.75 Å². The summed E-state index contributed by atoms with van der Waals surface area (Å²) in [5.41, 5.74) is 2.16. The number of ether oxygens (including phenoxy) is 1. The molecule has 3 rings (SSSR count). The van der Waals surface area contributed by atoms with E-state index in [1.165, 1.54) is 24.3 Å². The SMILES string of the molecule is O=C(NCc1ccc(OC(F)(F)F)cc1)c1ccccc1CSC1=NCCS1. The topological polar surface area (TPSA) is 50.7 Å². The van der Waals surface area contributed by atoms with Gasteiger partial charge < -0.3 is 10.1 Å². The molecule has 0 spiro atoms. The average molecular weight is 426 g/mol. The number of alkyl halides is 3. The molecule has 28 heavy (non-hydrogen) atoms. The summed E-state index contributed by atoms with van der Waals surface area (Å²) in [7, 11) is 0. The Balaban J connectivity index is 1.57. The van der Waals surface area contributed by atoms with E-state index in [2.05, 4.69) is 15.0 Å². The molecule has 4 nitrogen and oxygen atoms in total. The van der Waals surface area contributed by atoms with Crippen LogP contribution in [0, 0.1) is 0 Å². The van der Waals surface area contributed by atoms with E-state index < -0.39 is 6.36 Å². The summed E-state index contributed by atoms with van der Waals surface area (Å²) in [5, 5.41) is 2.80. The molecule has 2 aromatic carbocycles. The van der Waals surface area contributed by atoms with Crippen molar-refractivity contribution >= 4 is 33.8 Å². The van der Waals surface area contributed by atoms with Gasteiger partial charge in [0, 0.05) is 23.6 Å². The van der Waals surface area contributed by atoms with Gasteiger partial charge in [0.1, 0.15) is 10.1 Å². The van der Waals surface area contributed by atoms with E-state index in [1.807, 2.05) is 12.1 Å². The third kappa shape index (κ3) is 6.20. The first-order valence-electron chi connectivity index (χ1n) is 8.41. The highest BCUT2D eigenvalue weighted by molar-refractivity contribution is 8.38. The third-order valence-corrected chi connectivity index (χ3v) is 6.08. The van der Waals surface area contributed by atoms with Gasteiger partial charge in [0.05, 0.1) is 6.54 Å². The minimum Gasteiger partial charge on any atom is -0.406 e. The Morgan fingerprint density at radius 1 is 1.18 bits per heavy atom. The smallest absolute Gasteiger partial charge is 0.406 e. The van der Waals surface area contributed by atoms with Crippen molar-refractivity contribution in [3.63, 3.8) is 0 Å². The highest BCUT2D eigenvalue weighted by atomic mass is 32.2. The van der Waals surface area contributed by atoms with Crippen LogP contribution in [0.3, 0.4) is 0 Å². The monoisotopic (exact) mass is 426 g/mol. The number of carbonyl (C=O) groups excluding carboxylic acids is 1. The van der Waals surface area contributed by atoms with Crippen molar-refractivity contribution in [2.75, 3.05) is 12.3 Å². The highest BCUT2D eigenvalue weighted by Crippen LogP contribution is 2.26. The fraction of sp³-hybridized carbons (Fsp3) is 0.263. The molecule has 0 aromatic heterocycles. The molecular weight excluding hydrogens is 409 g/mol. The van der Waals surface area contributed by atoms with Crippen molar-refractivity contribution in [1.82, 2.24) is 5.32 Å². The molecule has 0 bridgehead atoms. The summed E-state index contributed by atoms with van der Waals surface area (Å²) < 4.78 is 41.5. The lowest BCUT2D eigenvalue weighted by molar-refractivity contribution is -0.274. The Morgan fingerprint density at radius 3 is 2.61 bits per heavy atom. The van der Waals surface area contributed by atoms with Gasteiger partial charge in [0.15, 0.2) is 0 Å². The number of aliphatic imine (C=N–C) groups is 1. The number of thioether (sulfide) groups is 2. The van der Waals surface area contributed by atoms with Gasteiger partial charge in [-0.3, -0.25) is 9.79 Å². The van der Waals surface area contributed by atoms with Crippen molar-refractivity contribution in [2.24, 2.45) is 4.99 Å². The van der Waals surface area contributed by atoms with E-state index in [1.54, 1.807) is 35.7 Å². The normalized spacial score (nSPS) is 13.9. The van der Waals surface area contributed by atoms with Gasteiger partial charge in [0.25, 0.3) is 5.91 Å². The number of hydrogen-bond donors (Lipinski definition) is 1. The quantitative estimate of drug-likeness (QED) is 0.717. The molecule has 0 aliphatic carbocycles. The second kappa shape index (κ2) is 9.38. The summed E-state index contributed by atoms with van der Waals surface area (Å²) in [6, 6.07) is 12.8. The number of benzene rings is 2. The van der Waals surface area contributed by atoms with Gasteiger partial charge in [0.2, 0.25) is 0 Å². The zero-order valence-electron chi connectivity index (χ0n) is 14.7. The van der Waals surface area contributed by atoms with E-state index >= 15 is 0 Å². The van der Waals surface area contributed by atoms with Gasteiger partial charge in [-0.1, -0.05) is 53.9 Å². The molecule has 1 amide bonds. The van der Waals surface area contributed by atoms with Crippen LogP contribution < -0.4 is 10.1 Å². The number of carbonyl (C=O) groups is 1. The van der Waals surface area contributed by atoms with Crippen LogP contribution in [0.15, 0.2) is 53.5 Å². The number of amides is 1. The molecule has 0 saturated carbocycles. The van der Waals surface area contributed by atoms with Crippen LogP contribution in [0.5, 0.6) is 5.75 Å². The minimum atomic E-state index is -4.72. The van der Waals surface area contributed by atoms with E-state index in [0.717, 1.165) is 22.2 Å². The van der Waals surface area contributed by atoms with Crippen LogP contribution in [-0.4, -0.2) is 28.9 Å². The summed E-state index contributed by atoms with van der Waals surface area (Å²) in [5.74, 6) is 1.13. The van der Waals surface area contributed by atoms with E-state index in [4.69, 9.17) is 0 Å². The van der Waals surface area contributed by atoms with Gasteiger partial charge >= 0.3 is 6.36 Å².